The lowest BCUT2D eigenvalue weighted by Crippen LogP contribution is -1.99. The molecule has 0 N–H and O–H groups in total. The molecule has 0 bridgehead atoms. The van der Waals surface area contributed by atoms with Gasteiger partial charge in [0.2, 0.25) is 0 Å². The minimum Gasteiger partial charge on any atom is -0.466 e. The van der Waals surface area contributed by atoms with Crippen LogP contribution in [0.5, 0.6) is 0 Å². The molecular formula is C18H30O2. The molecule has 0 aromatic rings. The molecule has 2 nitrogen and oxygen atoms in total. The van der Waals surface area contributed by atoms with E-state index in [0.717, 1.165) is 19.3 Å². The number of hydrogen-bond donors (Lipinski definition) is 0. The van der Waals surface area contributed by atoms with Crippen LogP contribution >= 0.6 is 0 Å². The summed E-state index contributed by atoms with van der Waals surface area (Å²) >= 11 is 0. The molecule has 0 heterocycles. The van der Waals surface area contributed by atoms with Gasteiger partial charge in [-0.2, -0.15) is 0 Å². The topological polar surface area (TPSA) is 26.3 Å². The third-order valence-corrected chi connectivity index (χ3v) is 2.84. The lowest BCUT2D eigenvalue weighted by Gasteiger charge is -1.97. The number of ether oxygens (including phenoxy) is 1. The van der Waals surface area contributed by atoms with E-state index in [4.69, 9.17) is 4.74 Å². The maximum Gasteiger partial charge on any atom is 0.302 e. The number of carbonyl (C=O) groups excluding carboxylic acids is 1. The first kappa shape index (κ1) is 18.7. The predicted molar refractivity (Wildman–Crippen MR) is 86.7 cm³/mol. The number of carbonyl (C=O) groups is 1. The highest BCUT2D eigenvalue weighted by atomic mass is 16.5. The van der Waals surface area contributed by atoms with Gasteiger partial charge in [0, 0.05) is 6.92 Å². The summed E-state index contributed by atoms with van der Waals surface area (Å²) in [4.78, 5) is 10.5. The first-order valence-corrected chi connectivity index (χ1v) is 7.87. The van der Waals surface area contributed by atoms with Crippen LogP contribution in [0.1, 0.15) is 65.2 Å². The third kappa shape index (κ3) is 16.7. The lowest BCUT2D eigenvalue weighted by molar-refractivity contribution is -0.141. The standard InChI is InChI=1S/C18H30O2/c1-3-4-5-6-7-8-9-10-11-12-13-14-15-16-17-20-18(2)19/h6-7,11-14H,3-5,8-10,15-17H2,1-2H3/b7-6+,12-11-,14-13-. The van der Waals surface area contributed by atoms with E-state index in [-0.39, 0.29) is 5.97 Å². The average molecular weight is 278 g/mol. The first-order chi connectivity index (χ1) is 9.77. The number of allylic oxidation sites excluding steroid dienone is 6. The van der Waals surface area contributed by atoms with Gasteiger partial charge in [-0.3, -0.25) is 4.79 Å². The highest BCUT2D eigenvalue weighted by molar-refractivity contribution is 5.65. The van der Waals surface area contributed by atoms with E-state index in [0.29, 0.717) is 6.61 Å². The summed E-state index contributed by atoms with van der Waals surface area (Å²) in [6, 6.07) is 0. The zero-order valence-electron chi connectivity index (χ0n) is 13.1. The lowest BCUT2D eigenvalue weighted by atomic mass is 10.2. The highest BCUT2D eigenvalue weighted by Crippen LogP contribution is 2.01. The molecule has 0 aliphatic heterocycles. The van der Waals surface area contributed by atoms with Crippen LogP contribution in [-0.4, -0.2) is 12.6 Å². The van der Waals surface area contributed by atoms with Crippen molar-refractivity contribution in [1.82, 2.24) is 0 Å². The third-order valence-electron chi connectivity index (χ3n) is 2.84. The van der Waals surface area contributed by atoms with Crippen molar-refractivity contribution in [2.24, 2.45) is 0 Å². The Balaban J connectivity index is 3.30. The highest BCUT2D eigenvalue weighted by Gasteiger charge is 1.89. The quantitative estimate of drug-likeness (QED) is 0.208. The summed E-state index contributed by atoms with van der Waals surface area (Å²) in [5.74, 6) is -0.197. The molecule has 0 amide bonds. The molecule has 0 unspecified atom stereocenters. The van der Waals surface area contributed by atoms with Crippen molar-refractivity contribution < 1.29 is 9.53 Å². The minimum absolute atomic E-state index is 0.197. The van der Waals surface area contributed by atoms with Crippen molar-refractivity contribution in [3.05, 3.63) is 36.5 Å². The molecule has 0 fully saturated rings. The Kier molecular flexibility index (Phi) is 14.7. The fraction of sp³-hybridized carbons (Fsp3) is 0.611. The molecule has 0 radical (unpaired) electrons. The second-order valence-corrected chi connectivity index (χ2v) is 4.88. The SMILES string of the molecule is CCCC/C=C/CCC/C=C\C=C/CCCOC(C)=O. The summed E-state index contributed by atoms with van der Waals surface area (Å²) in [6.07, 6.45) is 22.3. The number of hydrogen-bond acceptors (Lipinski definition) is 2. The van der Waals surface area contributed by atoms with Gasteiger partial charge in [-0.25, -0.2) is 0 Å². The Bertz CT molecular complexity index is 301. The largest absolute Gasteiger partial charge is 0.466 e. The fourth-order valence-corrected chi connectivity index (χ4v) is 1.68. The van der Waals surface area contributed by atoms with Crippen molar-refractivity contribution in [2.45, 2.75) is 65.2 Å². The van der Waals surface area contributed by atoms with Crippen LogP contribution in [0.4, 0.5) is 0 Å². The first-order valence-electron chi connectivity index (χ1n) is 7.87. The van der Waals surface area contributed by atoms with Gasteiger partial charge in [0.1, 0.15) is 0 Å². The Hall–Kier alpha value is -1.31. The minimum atomic E-state index is -0.197. The van der Waals surface area contributed by atoms with Crippen molar-refractivity contribution >= 4 is 5.97 Å². The molecule has 0 spiro atoms. The van der Waals surface area contributed by atoms with Gasteiger partial charge in [0.25, 0.3) is 0 Å². The fourth-order valence-electron chi connectivity index (χ4n) is 1.68. The number of rotatable bonds is 12. The van der Waals surface area contributed by atoms with Gasteiger partial charge < -0.3 is 4.74 Å². The molecular weight excluding hydrogens is 248 g/mol. The van der Waals surface area contributed by atoms with Crippen LogP contribution in [0.3, 0.4) is 0 Å². The van der Waals surface area contributed by atoms with E-state index in [1.165, 1.54) is 39.0 Å². The van der Waals surface area contributed by atoms with Crippen LogP contribution in [0, 0.1) is 0 Å². The van der Waals surface area contributed by atoms with E-state index < -0.39 is 0 Å². The van der Waals surface area contributed by atoms with E-state index in [1.54, 1.807) is 0 Å². The van der Waals surface area contributed by atoms with Crippen LogP contribution in [0.25, 0.3) is 0 Å². The Labute approximate surface area is 124 Å². The molecule has 20 heavy (non-hydrogen) atoms. The summed E-state index contributed by atoms with van der Waals surface area (Å²) in [5, 5.41) is 0. The summed E-state index contributed by atoms with van der Waals surface area (Å²) in [5.41, 5.74) is 0. The van der Waals surface area contributed by atoms with Crippen LogP contribution < -0.4 is 0 Å². The molecule has 2 heteroatoms. The Morgan fingerprint density at radius 2 is 1.40 bits per heavy atom. The molecule has 0 aliphatic rings. The van der Waals surface area contributed by atoms with Gasteiger partial charge in [0.15, 0.2) is 0 Å². The predicted octanol–water partition coefficient (Wildman–Crippen LogP) is 5.36. The second kappa shape index (κ2) is 15.7. The van der Waals surface area contributed by atoms with Crippen molar-refractivity contribution in [2.75, 3.05) is 6.61 Å². The second-order valence-electron chi connectivity index (χ2n) is 4.88. The zero-order valence-corrected chi connectivity index (χ0v) is 13.1. The maximum atomic E-state index is 10.5. The molecule has 0 saturated carbocycles. The van der Waals surface area contributed by atoms with Crippen LogP contribution in [0.2, 0.25) is 0 Å². The Morgan fingerprint density at radius 3 is 2.00 bits per heavy atom. The molecule has 114 valence electrons. The van der Waals surface area contributed by atoms with E-state index in [1.807, 2.05) is 0 Å². The number of unbranched alkanes of at least 4 members (excludes halogenated alkanes) is 5. The normalized spacial score (nSPS) is 11.9. The average Bonchev–Trinajstić information content (AvgIpc) is 2.43. The monoisotopic (exact) mass is 278 g/mol. The van der Waals surface area contributed by atoms with Crippen molar-refractivity contribution in [3.63, 3.8) is 0 Å². The summed E-state index contributed by atoms with van der Waals surface area (Å²) < 4.78 is 4.85. The smallest absolute Gasteiger partial charge is 0.302 e. The van der Waals surface area contributed by atoms with E-state index in [2.05, 4.69) is 43.4 Å². The molecule has 0 aliphatic carbocycles. The van der Waals surface area contributed by atoms with Gasteiger partial charge in [-0.05, 0) is 38.5 Å². The van der Waals surface area contributed by atoms with Gasteiger partial charge >= 0.3 is 5.97 Å². The Morgan fingerprint density at radius 1 is 0.850 bits per heavy atom. The van der Waals surface area contributed by atoms with Crippen molar-refractivity contribution in [1.29, 1.82) is 0 Å². The van der Waals surface area contributed by atoms with Crippen LogP contribution in [0.15, 0.2) is 36.5 Å². The van der Waals surface area contributed by atoms with Gasteiger partial charge in [-0.15, -0.1) is 0 Å². The zero-order chi connectivity index (χ0) is 14.9. The molecule has 0 atom stereocenters. The summed E-state index contributed by atoms with van der Waals surface area (Å²) in [6.45, 7) is 4.19. The van der Waals surface area contributed by atoms with Gasteiger partial charge in [-0.1, -0.05) is 56.2 Å². The van der Waals surface area contributed by atoms with E-state index >= 15 is 0 Å². The van der Waals surface area contributed by atoms with Crippen molar-refractivity contribution in [3.8, 4) is 0 Å². The molecule has 0 aromatic heterocycles. The molecule has 0 saturated heterocycles. The summed E-state index contributed by atoms with van der Waals surface area (Å²) in [7, 11) is 0. The maximum absolute atomic E-state index is 10.5. The van der Waals surface area contributed by atoms with E-state index in [9.17, 15) is 4.79 Å². The van der Waals surface area contributed by atoms with Gasteiger partial charge in [0.05, 0.1) is 6.61 Å². The van der Waals surface area contributed by atoms with Crippen LogP contribution in [-0.2, 0) is 9.53 Å². The molecule has 0 aromatic carbocycles. The number of esters is 1. The molecule has 0 rings (SSSR count).